The first-order valence-corrected chi connectivity index (χ1v) is 5.32. The fraction of sp³-hybridized carbons (Fsp3) is 0.500. The minimum atomic E-state index is -0.819. The van der Waals surface area contributed by atoms with Crippen LogP contribution in [0.4, 0.5) is 8.78 Å². The molecule has 0 aromatic heterocycles. The van der Waals surface area contributed by atoms with E-state index in [1.807, 2.05) is 20.8 Å². The first-order chi connectivity index (χ1) is 6.80. The maximum absolute atomic E-state index is 12.9. The van der Waals surface area contributed by atoms with Gasteiger partial charge in [-0.3, -0.25) is 0 Å². The highest BCUT2D eigenvalue weighted by molar-refractivity contribution is 6.21. The Morgan fingerprint density at radius 1 is 1.20 bits per heavy atom. The lowest BCUT2D eigenvalue weighted by Crippen LogP contribution is -2.22. The molecule has 3 heteroatoms. The molecule has 0 fully saturated rings. The Kier molecular flexibility index (Phi) is 3.72. The smallest absolute Gasteiger partial charge is 0.159 e. The molecule has 0 aliphatic carbocycles. The second-order valence-electron chi connectivity index (χ2n) is 4.79. The summed E-state index contributed by atoms with van der Waals surface area (Å²) in [6, 6.07) is 3.91. The fourth-order valence-electron chi connectivity index (χ4n) is 1.18. The monoisotopic (exact) mass is 232 g/mol. The van der Waals surface area contributed by atoms with Gasteiger partial charge in [0.05, 0.1) is 0 Å². The molecule has 0 nitrogen and oxygen atoms in total. The highest BCUT2D eigenvalue weighted by Gasteiger charge is 2.22. The SMILES string of the molecule is CC(C)(C)C(Cl)Cc1ccc(F)c(F)c1. The molecule has 0 saturated carbocycles. The summed E-state index contributed by atoms with van der Waals surface area (Å²) in [6.45, 7) is 6.06. The van der Waals surface area contributed by atoms with Gasteiger partial charge in [-0.15, -0.1) is 11.6 Å². The number of rotatable bonds is 2. The Labute approximate surface area is 94.3 Å². The molecule has 1 atom stereocenters. The Balaban J connectivity index is 2.78. The average Bonchev–Trinajstić information content (AvgIpc) is 2.10. The van der Waals surface area contributed by atoms with E-state index in [2.05, 4.69) is 0 Å². The normalized spacial score (nSPS) is 14.0. The van der Waals surface area contributed by atoms with Crippen molar-refractivity contribution in [3.8, 4) is 0 Å². The minimum absolute atomic E-state index is 0.0492. The Hall–Kier alpha value is -0.630. The van der Waals surface area contributed by atoms with Crippen LogP contribution in [0.15, 0.2) is 18.2 Å². The molecule has 0 bridgehead atoms. The molecule has 0 aliphatic heterocycles. The summed E-state index contributed by atoms with van der Waals surface area (Å²) in [5, 5.41) is -0.0950. The zero-order chi connectivity index (χ0) is 11.6. The minimum Gasteiger partial charge on any atom is -0.204 e. The summed E-state index contributed by atoms with van der Waals surface area (Å²) >= 11 is 6.17. The van der Waals surface area contributed by atoms with Gasteiger partial charge in [-0.05, 0) is 29.5 Å². The van der Waals surface area contributed by atoms with E-state index < -0.39 is 11.6 Å². The van der Waals surface area contributed by atoms with Crippen molar-refractivity contribution in [2.24, 2.45) is 5.41 Å². The molecule has 0 radical (unpaired) electrons. The lowest BCUT2D eigenvalue weighted by Gasteiger charge is -2.25. The average molecular weight is 233 g/mol. The van der Waals surface area contributed by atoms with Crippen molar-refractivity contribution < 1.29 is 8.78 Å². The second-order valence-corrected chi connectivity index (χ2v) is 5.31. The topological polar surface area (TPSA) is 0 Å². The van der Waals surface area contributed by atoms with Crippen molar-refractivity contribution in [3.05, 3.63) is 35.4 Å². The number of benzene rings is 1. The molecule has 1 aromatic carbocycles. The van der Waals surface area contributed by atoms with Crippen LogP contribution in [0.1, 0.15) is 26.3 Å². The van der Waals surface area contributed by atoms with Gasteiger partial charge in [0.1, 0.15) is 0 Å². The van der Waals surface area contributed by atoms with Gasteiger partial charge in [0.15, 0.2) is 11.6 Å². The molecule has 0 spiro atoms. The Bertz CT molecular complexity index is 342. The van der Waals surface area contributed by atoms with Crippen molar-refractivity contribution in [2.75, 3.05) is 0 Å². The summed E-state index contributed by atoms with van der Waals surface area (Å²) in [6.07, 6.45) is 0.544. The van der Waals surface area contributed by atoms with E-state index in [0.29, 0.717) is 6.42 Å². The molecule has 84 valence electrons. The standard InChI is InChI=1S/C12H15ClF2/c1-12(2,3)11(13)7-8-4-5-9(14)10(15)6-8/h4-6,11H,7H2,1-3H3. The number of halogens is 3. The summed E-state index contributed by atoms with van der Waals surface area (Å²) < 4.78 is 25.6. The predicted molar refractivity (Wildman–Crippen MR) is 59.2 cm³/mol. The number of alkyl halides is 1. The molecule has 15 heavy (non-hydrogen) atoms. The molecule has 0 amide bonds. The molecule has 0 saturated heterocycles. The third-order valence-corrected chi connectivity index (χ3v) is 3.15. The fourth-order valence-corrected chi connectivity index (χ4v) is 1.36. The summed E-state index contributed by atoms with van der Waals surface area (Å²) in [4.78, 5) is 0. The van der Waals surface area contributed by atoms with Gasteiger partial charge in [0.2, 0.25) is 0 Å². The maximum Gasteiger partial charge on any atom is 0.159 e. The first-order valence-electron chi connectivity index (χ1n) is 4.88. The van der Waals surface area contributed by atoms with Gasteiger partial charge in [0, 0.05) is 5.38 Å². The third kappa shape index (κ3) is 3.45. The Morgan fingerprint density at radius 3 is 2.27 bits per heavy atom. The van der Waals surface area contributed by atoms with E-state index in [-0.39, 0.29) is 10.8 Å². The number of hydrogen-bond donors (Lipinski definition) is 0. The van der Waals surface area contributed by atoms with Crippen LogP contribution in [0, 0.1) is 17.0 Å². The van der Waals surface area contributed by atoms with Crippen molar-refractivity contribution in [3.63, 3.8) is 0 Å². The maximum atomic E-state index is 12.9. The lowest BCUT2D eigenvalue weighted by molar-refractivity contribution is 0.386. The predicted octanol–water partition coefficient (Wildman–Crippen LogP) is 4.16. The van der Waals surface area contributed by atoms with E-state index in [9.17, 15) is 8.78 Å². The van der Waals surface area contributed by atoms with Crippen molar-refractivity contribution in [1.29, 1.82) is 0 Å². The highest BCUT2D eigenvalue weighted by Crippen LogP contribution is 2.27. The van der Waals surface area contributed by atoms with Gasteiger partial charge in [-0.25, -0.2) is 8.78 Å². The summed E-state index contributed by atoms with van der Waals surface area (Å²) in [5.74, 6) is -1.63. The highest BCUT2D eigenvalue weighted by atomic mass is 35.5. The van der Waals surface area contributed by atoms with Gasteiger partial charge >= 0.3 is 0 Å². The molecular formula is C12H15ClF2. The van der Waals surface area contributed by atoms with Crippen LogP contribution in [-0.4, -0.2) is 5.38 Å². The van der Waals surface area contributed by atoms with E-state index in [0.717, 1.165) is 11.6 Å². The van der Waals surface area contributed by atoms with Crippen LogP contribution in [-0.2, 0) is 6.42 Å². The summed E-state index contributed by atoms with van der Waals surface area (Å²) in [7, 11) is 0. The van der Waals surface area contributed by atoms with Crippen LogP contribution in [0.2, 0.25) is 0 Å². The molecule has 0 N–H and O–H groups in total. The Morgan fingerprint density at radius 2 is 1.80 bits per heavy atom. The van der Waals surface area contributed by atoms with E-state index >= 15 is 0 Å². The van der Waals surface area contributed by atoms with Crippen LogP contribution >= 0.6 is 11.6 Å². The van der Waals surface area contributed by atoms with Gasteiger partial charge in [-0.2, -0.15) is 0 Å². The summed E-state index contributed by atoms with van der Waals surface area (Å²) in [5.41, 5.74) is 0.677. The molecule has 1 rings (SSSR count). The first kappa shape index (κ1) is 12.4. The van der Waals surface area contributed by atoms with Gasteiger partial charge < -0.3 is 0 Å². The largest absolute Gasteiger partial charge is 0.204 e. The van der Waals surface area contributed by atoms with E-state index in [1.54, 1.807) is 6.07 Å². The van der Waals surface area contributed by atoms with Crippen molar-refractivity contribution in [2.45, 2.75) is 32.6 Å². The van der Waals surface area contributed by atoms with Crippen LogP contribution in [0.3, 0.4) is 0 Å². The van der Waals surface area contributed by atoms with Crippen LogP contribution in [0.25, 0.3) is 0 Å². The number of hydrogen-bond acceptors (Lipinski definition) is 0. The van der Waals surface area contributed by atoms with Crippen LogP contribution in [0.5, 0.6) is 0 Å². The van der Waals surface area contributed by atoms with Crippen molar-refractivity contribution >= 4 is 11.6 Å². The zero-order valence-corrected chi connectivity index (χ0v) is 9.91. The van der Waals surface area contributed by atoms with Gasteiger partial charge in [0.25, 0.3) is 0 Å². The molecule has 1 unspecified atom stereocenters. The zero-order valence-electron chi connectivity index (χ0n) is 9.15. The molecule has 1 aromatic rings. The van der Waals surface area contributed by atoms with Crippen LogP contribution < -0.4 is 0 Å². The quantitative estimate of drug-likeness (QED) is 0.672. The molecule has 0 heterocycles. The lowest BCUT2D eigenvalue weighted by atomic mass is 9.88. The third-order valence-electron chi connectivity index (χ3n) is 2.34. The van der Waals surface area contributed by atoms with Crippen molar-refractivity contribution in [1.82, 2.24) is 0 Å². The second kappa shape index (κ2) is 4.48. The van der Waals surface area contributed by atoms with E-state index in [4.69, 9.17) is 11.6 Å². The molecular weight excluding hydrogens is 218 g/mol. The molecule has 0 aliphatic rings. The van der Waals surface area contributed by atoms with Gasteiger partial charge in [-0.1, -0.05) is 26.8 Å². The van der Waals surface area contributed by atoms with E-state index in [1.165, 1.54) is 6.07 Å².